The number of nitrogens with one attached hydrogen (secondary N) is 3. The first-order valence-electron chi connectivity index (χ1n) is 6.86. The molecule has 3 amide bonds. The first-order valence-corrected chi connectivity index (χ1v) is 6.86. The molecule has 0 aliphatic rings. The lowest BCUT2D eigenvalue weighted by Crippen LogP contribution is -2.44. The number of likely N-dealkylation sites (N-methyl/N-ethyl adjacent to an activating group) is 1. The van der Waals surface area contributed by atoms with Gasteiger partial charge in [-0.25, -0.2) is 4.79 Å². The highest BCUT2D eigenvalue weighted by Crippen LogP contribution is 1.95. The molecule has 0 unspecified atom stereocenters. The van der Waals surface area contributed by atoms with E-state index in [1.165, 1.54) is 0 Å². The highest BCUT2D eigenvalue weighted by molar-refractivity contribution is 5.95. The SMILES string of the molecule is CNCCCN(C)CC(=O)NC(=O)NCCC(C)C. The lowest BCUT2D eigenvalue weighted by molar-refractivity contribution is -0.120. The summed E-state index contributed by atoms with van der Waals surface area (Å²) in [7, 11) is 3.76. The summed E-state index contributed by atoms with van der Waals surface area (Å²) in [6.07, 6.45) is 1.88. The van der Waals surface area contributed by atoms with Crippen molar-refractivity contribution in [1.82, 2.24) is 20.9 Å². The summed E-state index contributed by atoms with van der Waals surface area (Å²) in [4.78, 5) is 24.9. The van der Waals surface area contributed by atoms with Crippen LogP contribution in [0.3, 0.4) is 0 Å². The van der Waals surface area contributed by atoms with Gasteiger partial charge in [-0.2, -0.15) is 0 Å². The minimum Gasteiger partial charge on any atom is -0.338 e. The number of carbonyl (C=O) groups excluding carboxylic acids is 2. The Morgan fingerprint density at radius 2 is 1.89 bits per heavy atom. The van der Waals surface area contributed by atoms with Gasteiger partial charge in [-0.15, -0.1) is 0 Å². The van der Waals surface area contributed by atoms with Crippen LogP contribution in [-0.4, -0.2) is 57.1 Å². The highest BCUT2D eigenvalue weighted by Gasteiger charge is 2.09. The Bertz CT molecular complexity index is 269. The topological polar surface area (TPSA) is 73.5 Å². The Hall–Kier alpha value is -1.14. The van der Waals surface area contributed by atoms with E-state index in [9.17, 15) is 9.59 Å². The summed E-state index contributed by atoms with van der Waals surface area (Å²) in [5.41, 5.74) is 0. The van der Waals surface area contributed by atoms with Crippen molar-refractivity contribution in [2.24, 2.45) is 5.92 Å². The van der Waals surface area contributed by atoms with Crippen molar-refractivity contribution in [1.29, 1.82) is 0 Å². The van der Waals surface area contributed by atoms with Gasteiger partial charge >= 0.3 is 6.03 Å². The number of urea groups is 1. The molecule has 0 bridgehead atoms. The molecule has 0 fully saturated rings. The van der Waals surface area contributed by atoms with Crippen LogP contribution < -0.4 is 16.0 Å². The second-order valence-corrected chi connectivity index (χ2v) is 5.18. The molecule has 0 rings (SSSR count). The van der Waals surface area contributed by atoms with E-state index in [-0.39, 0.29) is 12.5 Å². The molecule has 0 aliphatic carbocycles. The van der Waals surface area contributed by atoms with Gasteiger partial charge < -0.3 is 10.6 Å². The van der Waals surface area contributed by atoms with Gasteiger partial charge in [0, 0.05) is 6.54 Å². The van der Waals surface area contributed by atoms with Crippen LogP contribution in [-0.2, 0) is 4.79 Å². The molecule has 3 N–H and O–H groups in total. The van der Waals surface area contributed by atoms with Crippen molar-refractivity contribution < 1.29 is 9.59 Å². The number of nitrogens with zero attached hydrogens (tertiary/aromatic N) is 1. The normalized spacial score (nSPS) is 10.8. The minimum atomic E-state index is -0.408. The Morgan fingerprint density at radius 3 is 2.47 bits per heavy atom. The maximum Gasteiger partial charge on any atom is 0.321 e. The van der Waals surface area contributed by atoms with Crippen LogP contribution in [0.1, 0.15) is 26.7 Å². The van der Waals surface area contributed by atoms with E-state index in [0.717, 1.165) is 25.9 Å². The highest BCUT2D eigenvalue weighted by atomic mass is 16.2. The smallest absolute Gasteiger partial charge is 0.321 e. The standard InChI is InChI=1S/C13H28N4O2/c1-11(2)6-8-15-13(19)16-12(18)10-17(4)9-5-7-14-3/h11,14H,5-10H2,1-4H3,(H2,15,16,18,19). The van der Waals surface area contributed by atoms with E-state index in [0.29, 0.717) is 12.5 Å². The molecule has 6 nitrogen and oxygen atoms in total. The summed E-state index contributed by atoms with van der Waals surface area (Å²) in [5.74, 6) is 0.267. The number of amides is 3. The summed E-state index contributed by atoms with van der Waals surface area (Å²) < 4.78 is 0. The Balaban J connectivity index is 3.69. The number of hydrogen-bond donors (Lipinski definition) is 3. The van der Waals surface area contributed by atoms with Crippen LogP contribution in [0.2, 0.25) is 0 Å². The number of imide groups is 1. The van der Waals surface area contributed by atoms with Crippen LogP contribution in [0.5, 0.6) is 0 Å². The molecule has 0 radical (unpaired) electrons. The fraction of sp³-hybridized carbons (Fsp3) is 0.846. The van der Waals surface area contributed by atoms with Gasteiger partial charge in [-0.1, -0.05) is 13.8 Å². The molecular formula is C13H28N4O2. The van der Waals surface area contributed by atoms with E-state index in [2.05, 4.69) is 29.8 Å². The van der Waals surface area contributed by atoms with Crippen molar-refractivity contribution >= 4 is 11.9 Å². The van der Waals surface area contributed by atoms with Crippen molar-refractivity contribution in [3.8, 4) is 0 Å². The third-order valence-electron chi connectivity index (χ3n) is 2.64. The van der Waals surface area contributed by atoms with Crippen molar-refractivity contribution in [2.75, 3.05) is 40.3 Å². The predicted octanol–water partition coefficient (Wildman–Crippen LogP) is 0.400. The number of rotatable bonds is 9. The van der Waals surface area contributed by atoms with Crippen LogP contribution in [0.4, 0.5) is 4.79 Å². The van der Waals surface area contributed by atoms with Crippen LogP contribution in [0.15, 0.2) is 0 Å². The van der Waals surface area contributed by atoms with Crippen molar-refractivity contribution in [2.45, 2.75) is 26.7 Å². The summed E-state index contributed by atoms with van der Waals surface area (Å²) in [6, 6.07) is -0.408. The van der Waals surface area contributed by atoms with E-state index in [4.69, 9.17) is 0 Å². The van der Waals surface area contributed by atoms with Gasteiger partial charge in [0.25, 0.3) is 0 Å². The Morgan fingerprint density at radius 1 is 1.21 bits per heavy atom. The zero-order chi connectivity index (χ0) is 14.7. The summed E-state index contributed by atoms with van der Waals surface area (Å²) >= 11 is 0. The third kappa shape index (κ3) is 11.7. The summed E-state index contributed by atoms with van der Waals surface area (Å²) in [6.45, 7) is 6.75. The molecule has 0 aromatic carbocycles. The van der Waals surface area contributed by atoms with Gasteiger partial charge in [-0.3, -0.25) is 15.0 Å². The predicted molar refractivity (Wildman–Crippen MR) is 77.0 cm³/mol. The zero-order valence-electron chi connectivity index (χ0n) is 12.6. The summed E-state index contributed by atoms with van der Waals surface area (Å²) in [5, 5.41) is 8.05. The molecule has 0 heterocycles. The minimum absolute atomic E-state index is 0.237. The van der Waals surface area contributed by atoms with Crippen molar-refractivity contribution in [3.05, 3.63) is 0 Å². The maximum atomic E-state index is 11.6. The maximum absolute atomic E-state index is 11.6. The molecule has 0 aromatic rings. The Kier molecular flexibility index (Phi) is 10.1. The van der Waals surface area contributed by atoms with Crippen LogP contribution >= 0.6 is 0 Å². The fourth-order valence-electron chi connectivity index (χ4n) is 1.53. The molecule has 0 saturated heterocycles. The molecule has 112 valence electrons. The average molecular weight is 272 g/mol. The largest absolute Gasteiger partial charge is 0.338 e. The molecule has 0 spiro atoms. The quantitative estimate of drug-likeness (QED) is 0.531. The molecular weight excluding hydrogens is 244 g/mol. The molecule has 0 aliphatic heterocycles. The number of carbonyl (C=O) groups is 2. The Labute approximate surface area is 116 Å². The van der Waals surface area contributed by atoms with Crippen molar-refractivity contribution in [3.63, 3.8) is 0 Å². The van der Waals surface area contributed by atoms with Gasteiger partial charge in [0.2, 0.25) is 5.91 Å². The van der Waals surface area contributed by atoms with E-state index >= 15 is 0 Å². The monoisotopic (exact) mass is 272 g/mol. The lowest BCUT2D eigenvalue weighted by Gasteiger charge is -2.15. The van der Waals surface area contributed by atoms with E-state index < -0.39 is 6.03 Å². The third-order valence-corrected chi connectivity index (χ3v) is 2.64. The molecule has 0 aromatic heterocycles. The number of hydrogen-bond acceptors (Lipinski definition) is 4. The van der Waals surface area contributed by atoms with Gasteiger partial charge in [-0.05, 0) is 45.9 Å². The average Bonchev–Trinajstić information content (AvgIpc) is 2.28. The van der Waals surface area contributed by atoms with Gasteiger partial charge in [0.05, 0.1) is 6.54 Å². The lowest BCUT2D eigenvalue weighted by atomic mass is 10.1. The molecule has 0 atom stereocenters. The molecule has 19 heavy (non-hydrogen) atoms. The van der Waals surface area contributed by atoms with Gasteiger partial charge in [0.15, 0.2) is 0 Å². The zero-order valence-corrected chi connectivity index (χ0v) is 12.6. The molecule has 0 saturated carbocycles. The second-order valence-electron chi connectivity index (χ2n) is 5.18. The van der Waals surface area contributed by atoms with Crippen LogP contribution in [0.25, 0.3) is 0 Å². The van der Waals surface area contributed by atoms with Gasteiger partial charge in [0.1, 0.15) is 0 Å². The second kappa shape index (κ2) is 10.8. The first-order chi connectivity index (χ1) is 8.95. The first kappa shape index (κ1) is 17.9. The van der Waals surface area contributed by atoms with Crippen LogP contribution in [0, 0.1) is 5.92 Å². The fourth-order valence-corrected chi connectivity index (χ4v) is 1.53. The van der Waals surface area contributed by atoms with E-state index in [1.807, 2.05) is 19.0 Å². The van der Waals surface area contributed by atoms with E-state index in [1.54, 1.807) is 0 Å². The molecule has 6 heteroatoms.